The van der Waals surface area contributed by atoms with E-state index >= 15 is 0 Å². The van der Waals surface area contributed by atoms with Crippen LogP contribution in [0.2, 0.25) is 10.0 Å². The van der Waals surface area contributed by atoms with Gasteiger partial charge in [0.05, 0.1) is 10.0 Å². The third-order valence-electron chi connectivity index (χ3n) is 3.74. The summed E-state index contributed by atoms with van der Waals surface area (Å²) in [5.41, 5.74) is 0. The molecule has 2 unspecified atom stereocenters. The molecule has 1 saturated heterocycles. The molecule has 1 aromatic rings. The molecule has 2 rings (SSSR count). The van der Waals surface area contributed by atoms with Gasteiger partial charge < -0.3 is 9.64 Å². The van der Waals surface area contributed by atoms with E-state index in [2.05, 4.69) is 13.8 Å². The van der Waals surface area contributed by atoms with E-state index in [9.17, 15) is 4.79 Å². The maximum Gasteiger partial charge on any atom is 0.260 e. The fraction of sp³-hybridized carbons (Fsp3) is 0.533. The number of hydrogen-bond donors (Lipinski definition) is 0. The van der Waals surface area contributed by atoms with Gasteiger partial charge in [0.2, 0.25) is 0 Å². The molecule has 1 aliphatic heterocycles. The van der Waals surface area contributed by atoms with Crippen LogP contribution in [0.3, 0.4) is 0 Å². The third-order valence-corrected chi connectivity index (χ3v) is 4.34. The van der Waals surface area contributed by atoms with E-state index in [1.807, 2.05) is 4.90 Å². The number of rotatable bonds is 3. The number of likely N-dealkylation sites (tertiary alicyclic amines) is 1. The molecule has 0 radical (unpaired) electrons. The van der Waals surface area contributed by atoms with Gasteiger partial charge in [-0.3, -0.25) is 4.79 Å². The van der Waals surface area contributed by atoms with Gasteiger partial charge in [-0.25, -0.2) is 0 Å². The fourth-order valence-electron chi connectivity index (χ4n) is 2.74. The Kier molecular flexibility index (Phi) is 5.17. The molecular formula is C15H19Cl2NO2. The lowest BCUT2D eigenvalue weighted by atomic mass is 9.97. The van der Waals surface area contributed by atoms with Crippen molar-refractivity contribution in [2.75, 3.05) is 6.61 Å². The minimum Gasteiger partial charge on any atom is -0.481 e. The van der Waals surface area contributed by atoms with Gasteiger partial charge in [-0.2, -0.15) is 0 Å². The summed E-state index contributed by atoms with van der Waals surface area (Å²) in [6.45, 7) is 4.13. The lowest BCUT2D eigenvalue weighted by Gasteiger charge is -2.39. The van der Waals surface area contributed by atoms with E-state index in [-0.39, 0.29) is 24.6 Å². The molecule has 2 atom stereocenters. The van der Waals surface area contributed by atoms with Crippen molar-refractivity contribution in [1.82, 2.24) is 4.90 Å². The smallest absolute Gasteiger partial charge is 0.260 e. The Hall–Kier alpha value is -0.930. The Morgan fingerprint density at radius 2 is 1.80 bits per heavy atom. The van der Waals surface area contributed by atoms with Crippen molar-refractivity contribution in [3.63, 3.8) is 0 Å². The van der Waals surface area contributed by atoms with Crippen LogP contribution in [0, 0.1) is 0 Å². The Morgan fingerprint density at radius 3 is 2.35 bits per heavy atom. The molecule has 0 aliphatic carbocycles. The third kappa shape index (κ3) is 3.39. The van der Waals surface area contributed by atoms with Gasteiger partial charge in [-0.1, -0.05) is 29.3 Å². The van der Waals surface area contributed by atoms with Gasteiger partial charge in [0.15, 0.2) is 12.4 Å². The number of halogens is 2. The number of para-hydroxylation sites is 1. The van der Waals surface area contributed by atoms with Crippen molar-refractivity contribution in [1.29, 1.82) is 0 Å². The van der Waals surface area contributed by atoms with Gasteiger partial charge >= 0.3 is 0 Å². The van der Waals surface area contributed by atoms with Crippen molar-refractivity contribution in [2.45, 2.75) is 45.2 Å². The summed E-state index contributed by atoms with van der Waals surface area (Å²) in [6.07, 6.45) is 3.26. The van der Waals surface area contributed by atoms with Crippen LogP contribution in [0.4, 0.5) is 0 Å². The Bertz CT molecular complexity index is 463. The second kappa shape index (κ2) is 6.68. The summed E-state index contributed by atoms with van der Waals surface area (Å²) in [6, 6.07) is 5.65. The quantitative estimate of drug-likeness (QED) is 0.838. The SMILES string of the molecule is CC1CCCC(C)N1C(=O)COc1c(Cl)cccc1Cl. The van der Waals surface area contributed by atoms with Crippen molar-refractivity contribution >= 4 is 29.1 Å². The fourth-order valence-corrected chi connectivity index (χ4v) is 3.25. The lowest BCUT2D eigenvalue weighted by Crippen LogP contribution is -2.49. The van der Waals surface area contributed by atoms with Crippen LogP contribution in [-0.2, 0) is 4.79 Å². The maximum absolute atomic E-state index is 12.3. The van der Waals surface area contributed by atoms with Crippen molar-refractivity contribution in [2.24, 2.45) is 0 Å². The Labute approximate surface area is 129 Å². The molecule has 1 aromatic carbocycles. The summed E-state index contributed by atoms with van der Waals surface area (Å²) >= 11 is 12.0. The topological polar surface area (TPSA) is 29.5 Å². The molecule has 110 valence electrons. The Morgan fingerprint density at radius 1 is 1.25 bits per heavy atom. The second-order valence-corrected chi connectivity index (χ2v) is 6.08. The van der Waals surface area contributed by atoms with Crippen LogP contribution in [0.15, 0.2) is 18.2 Å². The van der Waals surface area contributed by atoms with E-state index in [0.717, 1.165) is 12.8 Å². The summed E-state index contributed by atoms with van der Waals surface area (Å²) < 4.78 is 5.52. The van der Waals surface area contributed by atoms with Crippen LogP contribution < -0.4 is 4.74 Å². The molecule has 5 heteroatoms. The molecule has 1 aliphatic rings. The van der Waals surface area contributed by atoms with E-state index in [1.54, 1.807) is 18.2 Å². The minimum atomic E-state index is -0.0296. The second-order valence-electron chi connectivity index (χ2n) is 5.27. The highest BCUT2D eigenvalue weighted by Gasteiger charge is 2.29. The molecule has 0 N–H and O–H groups in total. The summed E-state index contributed by atoms with van der Waals surface area (Å²) in [5, 5.41) is 0.843. The molecule has 1 fully saturated rings. The summed E-state index contributed by atoms with van der Waals surface area (Å²) in [7, 11) is 0. The van der Waals surface area contributed by atoms with Gasteiger partial charge in [0, 0.05) is 12.1 Å². The van der Waals surface area contributed by atoms with Crippen LogP contribution in [0.25, 0.3) is 0 Å². The largest absolute Gasteiger partial charge is 0.481 e. The molecule has 0 bridgehead atoms. The van der Waals surface area contributed by atoms with Crippen LogP contribution in [-0.4, -0.2) is 29.5 Å². The summed E-state index contributed by atoms with van der Waals surface area (Å²) in [4.78, 5) is 14.2. The number of nitrogens with zero attached hydrogens (tertiary/aromatic N) is 1. The van der Waals surface area contributed by atoms with E-state index in [0.29, 0.717) is 15.8 Å². The highest BCUT2D eigenvalue weighted by molar-refractivity contribution is 6.37. The predicted molar refractivity (Wildman–Crippen MR) is 81.6 cm³/mol. The molecule has 3 nitrogen and oxygen atoms in total. The highest BCUT2D eigenvalue weighted by Crippen LogP contribution is 2.32. The van der Waals surface area contributed by atoms with Crippen LogP contribution in [0.5, 0.6) is 5.75 Å². The van der Waals surface area contributed by atoms with Crippen molar-refractivity contribution in [3.05, 3.63) is 28.2 Å². The van der Waals surface area contributed by atoms with Gasteiger partial charge in [-0.05, 0) is 45.2 Å². The van der Waals surface area contributed by atoms with Gasteiger partial charge in [0.1, 0.15) is 0 Å². The number of carbonyl (C=O) groups excluding carboxylic acids is 1. The zero-order valence-corrected chi connectivity index (χ0v) is 13.2. The first kappa shape index (κ1) is 15.5. The maximum atomic E-state index is 12.3. The zero-order valence-electron chi connectivity index (χ0n) is 11.7. The first-order valence-corrected chi connectivity index (χ1v) is 7.64. The number of amides is 1. The average molecular weight is 316 g/mol. The number of ether oxygens (including phenoxy) is 1. The molecule has 0 saturated carbocycles. The van der Waals surface area contributed by atoms with Gasteiger partial charge in [0.25, 0.3) is 5.91 Å². The molecule has 0 spiro atoms. The van der Waals surface area contributed by atoms with E-state index < -0.39 is 0 Å². The van der Waals surface area contributed by atoms with Crippen molar-refractivity contribution < 1.29 is 9.53 Å². The molecular weight excluding hydrogens is 297 g/mol. The molecule has 1 heterocycles. The van der Waals surface area contributed by atoms with E-state index in [4.69, 9.17) is 27.9 Å². The normalized spacial score (nSPS) is 22.7. The number of piperidine rings is 1. The number of benzene rings is 1. The predicted octanol–water partition coefficient (Wildman–Crippen LogP) is 4.16. The first-order valence-electron chi connectivity index (χ1n) is 6.88. The summed E-state index contributed by atoms with van der Waals surface area (Å²) in [5.74, 6) is 0.363. The number of carbonyl (C=O) groups is 1. The highest BCUT2D eigenvalue weighted by atomic mass is 35.5. The minimum absolute atomic E-state index is 0.0133. The monoisotopic (exact) mass is 315 g/mol. The zero-order chi connectivity index (χ0) is 14.7. The van der Waals surface area contributed by atoms with Gasteiger partial charge in [-0.15, -0.1) is 0 Å². The average Bonchev–Trinajstić information content (AvgIpc) is 2.38. The van der Waals surface area contributed by atoms with Crippen LogP contribution in [0.1, 0.15) is 33.1 Å². The Balaban J connectivity index is 2.01. The standard InChI is InChI=1S/C15H19Cl2NO2/c1-10-5-3-6-11(2)18(10)14(19)9-20-15-12(16)7-4-8-13(15)17/h4,7-8,10-11H,3,5-6,9H2,1-2H3. The molecule has 20 heavy (non-hydrogen) atoms. The van der Waals surface area contributed by atoms with E-state index in [1.165, 1.54) is 6.42 Å². The van der Waals surface area contributed by atoms with Crippen LogP contribution >= 0.6 is 23.2 Å². The first-order chi connectivity index (χ1) is 9.50. The number of hydrogen-bond acceptors (Lipinski definition) is 2. The molecule has 0 aromatic heterocycles. The lowest BCUT2D eigenvalue weighted by molar-refractivity contribution is -0.139. The molecule has 1 amide bonds. The van der Waals surface area contributed by atoms with Crippen molar-refractivity contribution in [3.8, 4) is 5.75 Å².